The van der Waals surface area contributed by atoms with Crippen molar-refractivity contribution in [3.8, 4) is 5.69 Å². The number of rotatable bonds is 2. The molecule has 0 saturated carbocycles. The standard InChI is InChI=1S/C25H26B2N2O6/c1-24(2)11-32-26(33-12-24)15-6-8-20-18(9-15)21(30)22-28-19-10-16(5-7-17(19)23(31)29(20)22)27-34-13-25(3,4)14-35-27/h5-10H,11-14H2,1-4H3. The Morgan fingerprint density at radius 3 is 1.94 bits per heavy atom. The number of aromatic nitrogens is 2. The molecule has 0 amide bonds. The zero-order chi connectivity index (χ0) is 24.5. The van der Waals surface area contributed by atoms with Gasteiger partial charge < -0.3 is 18.6 Å². The van der Waals surface area contributed by atoms with Gasteiger partial charge in [-0.3, -0.25) is 14.2 Å². The van der Waals surface area contributed by atoms with Gasteiger partial charge in [-0.05, 0) is 35.2 Å². The maximum atomic E-state index is 13.4. The summed E-state index contributed by atoms with van der Waals surface area (Å²) in [6, 6.07) is 10.7. The molecule has 2 fully saturated rings. The molecule has 0 N–H and O–H groups in total. The molecular formula is C25H26B2N2O6. The predicted octanol–water partition coefficient (Wildman–Crippen LogP) is 1.47. The van der Waals surface area contributed by atoms with Crippen molar-refractivity contribution in [3.05, 3.63) is 58.1 Å². The fourth-order valence-corrected chi connectivity index (χ4v) is 4.69. The SMILES string of the molecule is CC1(C)COB(c2ccc3c(c2)C(=O)c2nc4cc(B5OCC(C)(C)CO5)ccc4c(=O)n2-3)OC1. The second-order valence-corrected chi connectivity index (χ2v) is 11.2. The van der Waals surface area contributed by atoms with Crippen molar-refractivity contribution in [1.82, 2.24) is 9.55 Å². The monoisotopic (exact) mass is 472 g/mol. The summed E-state index contributed by atoms with van der Waals surface area (Å²) in [4.78, 5) is 31.3. The van der Waals surface area contributed by atoms with Crippen molar-refractivity contribution >= 4 is 41.8 Å². The van der Waals surface area contributed by atoms with Crippen LogP contribution in [0.4, 0.5) is 0 Å². The van der Waals surface area contributed by atoms with E-state index < -0.39 is 14.2 Å². The van der Waals surface area contributed by atoms with Crippen LogP contribution in [0.1, 0.15) is 43.9 Å². The van der Waals surface area contributed by atoms with Crippen molar-refractivity contribution in [3.63, 3.8) is 0 Å². The lowest BCUT2D eigenvalue weighted by Gasteiger charge is -2.33. The maximum absolute atomic E-state index is 13.4. The van der Waals surface area contributed by atoms with E-state index in [2.05, 4.69) is 32.7 Å². The van der Waals surface area contributed by atoms with Gasteiger partial charge in [0.15, 0.2) is 5.82 Å². The minimum Gasteiger partial charge on any atom is -0.407 e. The van der Waals surface area contributed by atoms with Crippen molar-refractivity contribution < 1.29 is 23.4 Å². The second-order valence-electron chi connectivity index (χ2n) is 11.2. The van der Waals surface area contributed by atoms with Crippen LogP contribution in [0.5, 0.6) is 0 Å². The lowest BCUT2D eigenvalue weighted by Crippen LogP contribution is -2.47. The molecule has 0 radical (unpaired) electrons. The molecule has 6 rings (SSSR count). The van der Waals surface area contributed by atoms with Gasteiger partial charge in [0.1, 0.15) is 0 Å². The zero-order valence-electron chi connectivity index (χ0n) is 20.3. The van der Waals surface area contributed by atoms with E-state index in [-0.39, 0.29) is 28.0 Å². The number of hydrogen-bond donors (Lipinski definition) is 0. The molecule has 3 aliphatic rings. The molecule has 2 saturated heterocycles. The summed E-state index contributed by atoms with van der Waals surface area (Å²) in [5.74, 6) is -0.195. The van der Waals surface area contributed by atoms with E-state index in [1.807, 2.05) is 12.1 Å². The van der Waals surface area contributed by atoms with Crippen LogP contribution in [0.3, 0.4) is 0 Å². The minimum atomic E-state index is -0.545. The van der Waals surface area contributed by atoms with E-state index in [1.54, 1.807) is 24.3 Å². The Kier molecular flexibility index (Phi) is 5.09. The Hall–Kier alpha value is -2.78. The highest BCUT2D eigenvalue weighted by Crippen LogP contribution is 2.27. The number of hydrogen-bond acceptors (Lipinski definition) is 7. The summed E-state index contributed by atoms with van der Waals surface area (Å²) in [6.07, 6.45) is 0. The molecule has 3 aromatic rings. The summed E-state index contributed by atoms with van der Waals surface area (Å²) in [5.41, 5.74) is 2.51. The summed E-state index contributed by atoms with van der Waals surface area (Å²) >= 11 is 0. The number of carbonyl (C=O) groups is 1. The van der Waals surface area contributed by atoms with Crippen LogP contribution in [-0.4, -0.2) is 56.0 Å². The van der Waals surface area contributed by atoms with E-state index in [4.69, 9.17) is 18.6 Å². The smallest absolute Gasteiger partial charge is 0.407 e. The topological polar surface area (TPSA) is 88.9 Å². The number of ketones is 1. The van der Waals surface area contributed by atoms with Gasteiger partial charge in [0.05, 0.1) is 16.6 Å². The van der Waals surface area contributed by atoms with Crippen molar-refractivity contribution in [2.75, 3.05) is 26.4 Å². The van der Waals surface area contributed by atoms with E-state index in [9.17, 15) is 9.59 Å². The number of fused-ring (bicyclic) bond motifs is 4. The Morgan fingerprint density at radius 2 is 1.34 bits per heavy atom. The fraction of sp³-hybridized carbons (Fsp3) is 0.400. The molecule has 0 atom stereocenters. The van der Waals surface area contributed by atoms with Crippen LogP contribution in [0.2, 0.25) is 0 Å². The highest BCUT2D eigenvalue weighted by Gasteiger charge is 2.37. The molecule has 0 bridgehead atoms. The number of carbonyl (C=O) groups excluding carboxylic acids is 1. The molecule has 10 heteroatoms. The van der Waals surface area contributed by atoms with E-state index in [1.165, 1.54) is 4.57 Å². The first-order chi connectivity index (χ1) is 16.6. The Balaban J connectivity index is 1.35. The van der Waals surface area contributed by atoms with Crippen LogP contribution < -0.4 is 16.5 Å². The maximum Gasteiger partial charge on any atom is 0.493 e. The van der Waals surface area contributed by atoms with Crippen LogP contribution >= 0.6 is 0 Å². The van der Waals surface area contributed by atoms with E-state index in [0.29, 0.717) is 48.6 Å². The normalized spacial score (nSPS) is 20.7. The molecule has 0 unspecified atom stereocenters. The van der Waals surface area contributed by atoms with Gasteiger partial charge in [-0.1, -0.05) is 39.8 Å². The first kappa shape index (κ1) is 22.7. The third-order valence-electron chi connectivity index (χ3n) is 6.65. The first-order valence-corrected chi connectivity index (χ1v) is 11.8. The second kappa shape index (κ2) is 7.86. The third kappa shape index (κ3) is 3.85. The van der Waals surface area contributed by atoms with E-state index >= 15 is 0 Å². The van der Waals surface area contributed by atoms with Gasteiger partial charge in [0.25, 0.3) is 5.56 Å². The molecule has 0 spiro atoms. The van der Waals surface area contributed by atoms with Gasteiger partial charge in [-0.15, -0.1) is 0 Å². The quantitative estimate of drug-likeness (QED) is 0.409. The molecular weight excluding hydrogens is 446 g/mol. The minimum absolute atomic E-state index is 0.0494. The van der Waals surface area contributed by atoms with Crippen LogP contribution in [-0.2, 0) is 18.6 Å². The molecule has 1 aromatic heterocycles. The van der Waals surface area contributed by atoms with Crippen molar-refractivity contribution in [1.29, 1.82) is 0 Å². The summed E-state index contributed by atoms with van der Waals surface area (Å²) < 4.78 is 24.9. The van der Waals surface area contributed by atoms with Crippen molar-refractivity contribution in [2.45, 2.75) is 27.7 Å². The zero-order valence-corrected chi connectivity index (χ0v) is 20.3. The average molecular weight is 472 g/mol. The van der Waals surface area contributed by atoms with Crippen LogP contribution in [0.15, 0.2) is 41.2 Å². The molecule has 4 heterocycles. The Morgan fingerprint density at radius 1 is 0.800 bits per heavy atom. The number of benzene rings is 2. The summed E-state index contributed by atoms with van der Waals surface area (Å²) in [7, 11) is -1.07. The predicted molar refractivity (Wildman–Crippen MR) is 133 cm³/mol. The van der Waals surface area contributed by atoms with Gasteiger partial charge in [-0.2, -0.15) is 0 Å². The van der Waals surface area contributed by atoms with Crippen LogP contribution in [0, 0.1) is 10.8 Å². The molecule has 178 valence electrons. The summed E-state index contributed by atoms with van der Waals surface area (Å²) in [5, 5.41) is 0.430. The average Bonchev–Trinajstić information content (AvgIpc) is 3.10. The largest absolute Gasteiger partial charge is 0.493 e. The van der Waals surface area contributed by atoms with Crippen molar-refractivity contribution in [2.24, 2.45) is 10.8 Å². The highest BCUT2D eigenvalue weighted by atomic mass is 16.6. The van der Waals surface area contributed by atoms with E-state index in [0.717, 1.165) is 10.9 Å². The van der Waals surface area contributed by atoms with Gasteiger partial charge in [-0.25, -0.2) is 4.98 Å². The highest BCUT2D eigenvalue weighted by molar-refractivity contribution is 6.62. The molecule has 35 heavy (non-hydrogen) atoms. The first-order valence-electron chi connectivity index (χ1n) is 11.8. The Labute approximate surface area is 203 Å². The Bertz CT molecular complexity index is 1410. The third-order valence-corrected chi connectivity index (χ3v) is 6.65. The lowest BCUT2D eigenvalue weighted by atomic mass is 9.75. The molecule has 8 nitrogen and oxygen atoms in total. The van der Waals surface area contributed by atoms with Gasteiger partial charge in [0.2, 0.25) is 5.78 Å². The van der Waals surface area contributed by atoms with Gasteiger partial charge >= 0.3 is 14.2 Å². The lowest BCUT2D eigenvalue weighted by molar-refractivity contribution is 0.0342. The number of nitrogens with zero attached hydrogens (tertiary/aromatic N) is 2. The molecule has 0 aliphatic carbocycles. The summed E-state index contributed by atoms with van der Waals surface area (Å²) in [6.45, 7) is 10.6. The van der Waals surface area contributed by atoms with Gasteiger partial charge in [0, 0.05) is 42.8 Å². The molecule has 2 aromatic carbocycles. The fourth-order valence-electron chi connectivity index (χ4n) is 4.69. The molecule has 3 aliphatic heterocycles. The van der Waals surface area contributed by atoms with Crippen LogP contribution in [0.25, 0.3) is 16.6 Å².